The van der Waals surface area contributed by atoms with Crippen LogP contribution in [0.25, 0.3) is 0 Å². The maximum atomic E-state index is 12.7. The molecule has 0 spiro atoms. The van der Waals surface area contributed by atoms with Crippen molar-refractivity contribution in [3.05, 3.63) is 17.8 Å². The van der Waals surface area contributed by atoms with Crippen LogP contribution in [0.4, 0.5) is 13.2 Å². The Labute approximate surface area is 146 Å². The summed E-state index contributed by atoms with van der Waals surface area (Å²) in [4.78, 5) is 8.36. The van der Waals surface area contributed by atoms with Crippen molar-refractivity contribution < 1.29 is 17.6 Å². The van der Waals surface area contributed by atoms with E-state index in [1.807, 2.05) is 20.8 Å². The standard InChI is InChI=1S/C17H27F3N4O/c1-16(2,3)13-9-22-14(25-13)10-23-15(21-4)24-12-7-5-11(6-8-12)17(18,19)20/h9,11-12H,5-8,10H2,1-4H3,(H2,21,23,24). The van der Waals surface area contributed by atoms with Gasteiger partial charge in [-0.2, -0.15) is 13.2 Å². The van der Waals surface area contributed by atoms with Crippen LogP contribution in [0.15, 0.2) is 15.6 Å². The van der Waals surface area contributed by atoms with Gasteiger partial charge in [-0.1, -0.05) is 20.8 Å². The number of nitrogens with one attached hydrogen (secondary N) is 2. The molecule has 0 amide bonds. The van der Waals surface area contributed by atoms with Crippen molar-refractivity contribution in [2.45, 2.75) is 70.6 Å². The Kier molecular flexibility index (Phi) is 6.00. The molecule has 142 valence electrons. The molecule has 1 aliphatic rings. The molecule has 1 saturated carbocycles. The SMILES string of the molecule is CN=C(NCc1ncc(C(C)(C)C)o1)NC1CCC(C(F)(F)F)CC1. The lowest BCUT2D eigenvalue weighted by Gasteiger charge is -2.31. The van der Waals surface area contributed by atoms with E-state index in [1.165, 1.54) is 0 Å². The van der Waals surface area contributed by atoms with E-state index in [0.29, 0.717) is 31.2 Å². The number of aromatic nitrogens is 1. The summed E-state index contributed by atoms with van der Waals surface area (Å²) in [6.07, 6.45) is -1.08. The summed E-state index contributed by atoms with van der Waals surface area (Å²) in [6, 6.07) is -0.000466. The van der Waals surface area contributed by atoms with Crippen LogP contribution in [0.3, 0.4) is 0 Å². The van der Waals surface area contributed by atoms with Crippen LogP contribution >= 0.6 is 0 Å². The fraction of sp³-hybridized carbons (Fsp3) is 0.765. The molecule has 25 heavy (non-hydrogen) atoms. The fourth-order valence-corrected chi connectivity index (χ4v) is 2.85. The molecule has 0 saturated heterocycles. The van der Waals surface area contributed by atoms with Crippen LogP contribution in [-0.4, -0.2) is 30.2 Å². The third-order valence-corrected chi connectivity index (χ3v) is 4.45. The van der Waals surface area contributed by atoms with Crippen molar-refractivity contribution >= 4 is 5.96 Å². The Hall–Kier alpha value is -1.73. The lowest BCUT2D eigenvalue weighted by Crippen LogP contribution is -2.45. The first-order chi connectivity index (χ1) is 11.6. The van der Waals surface area contributed by atoms with Gasteiger partial charge in [-0.15, -0.1) is 0 Å². The summed E-state index contributed by atoms with van der Waals surface area (Å²) in [5.74, 6) is 0.723. The van der Waals surface area contributed by atoms with Crippen LogP contribution in [0.2, 0.25) is 0 Å². The second-order valence-electron chi connectivity index (χ2n) is 7.53. The zero-order valence-electron chi connectivity index (χ0n) is 15.2. The first kappa shape index (κ1) is 19.6. The van der Waals surface area contributed by atoms with Crippen LogP contribution < -0.4 is 10.6 Å². The van der Waals surface area contributed by atoms with Crippen molar-refractivity contribution in [3.63, 3.8) is 0 Å². The van der Waals surface area contributed by atoms with E-state index < -0.39 is 12.1 Å². The fourth-order valence-electron chi connectivity index (χ4n) is 2.85. The van der Waals surface area contributed by atoms with Crippen molar-refractivity contribution in [1.29, 1.82) is 0 Å². The molecule has 8 heteroatoms. The van der Waals surface area contributed by atoms with Crippen LogP contribution in [-0.2, 0) is 12.0 Å². The summed E-state index contributed by atoms with van der Waals surface area (Å²) >= 11 is 0. The van der Waals surface area contributed by atoms with E-state index in [0.717, 1.165) is 5.76 Å². The predicted octanol–water partition coefficient (Wildman–Crippen LogP) is 3.76. The summed E-state index contributed by atoms with van der Waals surface area (Å²) in [6.45, 7) is 6.50. The molecule has 0 radical (unpaired) electrons. The molecule has 1 fully saturated rings. The van der Waals surface area contributed by atoms with Gasteiger partial charge in [-0.25, -0.2) is 4.98 Å². The molecule has 1 aromatic rings. The highest BCUT2D eigenvalue weighted by Gasteiger charge is 2.41. The van der Waals surface area contributed by atoms with E-state index in [4.69, 9.17) is 4.42 Å². The first-order valence-corrected chi connectivity index (χ1v) is 8.58. The van der Waals surface area contributed by atoms with E-state index >= 15 is 0 Å². The maximum Gasteiger partial charge on any atom is 0.391 e. The summed E-state index contributed by atoms with van der Waals surface area (Å²) < 4.78 is 43.9. The first-order valence-electron chi connectivity index (χ1n) is 8.58. The smallest absolute Gasteiger partial charge is 0.391 e. The Morgan fingerprint density at radius 2 is 1.88 bits per heavy atom. The van der Waals surface area contributed by atoms with E-state index in [2.05, 4.69) is 20.6 Å². The molecule has 0 aromatic carbocycles. The zero-order valence-corrected chi connectivity index (χ0v) is 15.2. The Bertz CT molecular complexity index is 581. The van der Waals surface area contributed by atoms with E-state index in [9.17, 15) is 13.2 Å². The molecule has 1 heterocycles. The molecule has 0 aliphatic heterocycles. The van der Waals surface area contributed by atoms with Gasteiger partial charge < -0.3 is 15.1 Å². The maximum absolute atomic E-state index is 12.7. The topological polar surface area (TPSA) is 62.5 Å². The lowest BCUT2D eigenvalue weighted by atomic mass is 9.85. The number of nitrogens with zero attached hydrogens (tertiary/aromatic N) is 2. The van der Waals surface area contributed by atoms with Crippen molar-refractivity contribution in [3.8, 4) is 0 Å². The number of hydrogen-bond donors (Lipinski definition) is 2. The number of rotatable bonds is 3. The molecule has 5 nitrogen and oxygen atoms in total. The van der Waals surface area contributed by atoms with Gasteiger partial charge in [-0.3, -0.25) is 4.99 Å². The number of guanidine groups is 1. The van der Waals surface area contributed by atoms with Gasteiger partial charge in [0.05, 0.1) is 18.7 Å². The number of halogens is 3. The zero-order chi connectivity index (χ0) is 18.7. The van der Waals surface area contributed by atoms with Crippen molar-refractivity contribution in [1.82, 2.24) is 15.6 Å². The molecule has 0 unspecified atom stereocenters. The van der Waals surface area contributed by atoms with Gasteiger partial charge in [0.25, 0.3) is 0 Å². The highest BCUT2D eigenvalue weighted by Crippen LogP contribution is 2.37. The number of oxazole rings is 1. The number of alkyl halides is 3. The molecular weight excluding hydrogens is 333 g/mol. The summed E-state index contributed by atoms with van der Waals surface area (Å²) in [7, 11) is 1.63. The average molecular weight is 360 g/mol. The summed E-state index contributed by atoms with van der Waals surface area (Å²) in [5, 5.41) is 6.29. The normalized spacial score (nSPS) is 22.8. The van der Waals surface area contributed by atoms with Gasteiger partial charge in [0.2, 0.25) is 5.89 Å². The van der Waals surface area contributed by atoms with Gasteiger partial charge >= 0.3 is 6.18 Å². The summed E-state index contributed by atoms with van der Waals surface area (Å²) in [5.41, 5.74) is -0.109. The second kappa shape index (κ2) is 7.66. The van der Waals surface area contributed by atoms with Crippen LogP contribution in [0.1, 0.15) is 58.1 Å². The second-order valence-corrected chi connectivity index (χ2v) is 7.53. The van der Waals surface area contributed by atoms with Crippen molar-refractivity contribution in [2.24, 2.45) is 10.9 Å². The molecule has 0 atom stereocenters. The monoisotopic (exact) mass is 360 g/mol. The highest BCUT2D eigenvalue weighted by atomic mass is 19.4. The van der Waals surface area contributed by atoms with E-state index in [1.54, 1.807) is 13.2 Å². The minimum absolute atomic E-state index is 0.000466. The highest BCUT2D eigenvalue weighted by molar-refractivity contribution is 5.79. The molecule has 1 aromatic heterocycles. The minimum atomic E-state index is -4.08. The third kappa shape index (κ3) is 5.64. The van der Waals surface area contributed by atoms with E-state index in [-0.39, 0.29) is 24.3 Å². The lowest BCUT2D eigenvalue weighted by molar-refractivity contribution is -0.182. The van der Waals surface area contributed by atoms with Crippen LogP contribution in [0, 0.1) is 5.92 Å². The predicted molar refractivity (Wildman–Crippen MR) is 90.3 cm³/mol. The van der Waals surface area contributed by atoms with Crippen LogP contribution in [0.5, 0.6) is 0 Å². The number of hydrogen-bond acceptors (Lipinski definition) is 3. The third-order valence-electron chi connectivity index (χ3n) is 4.45. The Morgan fingerprint density at radius 1 is 1.24 bits per heavy atom. The quantitative estimate of drug-likeness (QED) is 0.636. The molecule has 2 rings (SSSR count). The van der Waals surface area contributed by atoms with Gasteiger partial charge in [-0.05, 0) is 25.7 Å². The number of aliphatic imine (C=N–C) groups is 1. The largest absolute Gasteiger partial charge is 0.443 e. The Morgan fingerprint density at radius 3 is 2.36 bits per heavy atom. The molecule has 2 N–H and O–H groups in total. The Balaban J connectivity index is 1.81. The minimum Gasteiger partial charge on any atom is -0.443 e. The average Bonchev–Trinajstić information content (AvgIpc) is 3.00. The molecular formula is C17H27F3N4O. The van der Waals surface area contributed by atoms with Crippen molar-refractivity contribution in [2.75, 3.05) is 7.05 Å². The molecule has 0 bridgehead atoms. The van der Waals surface area contributed by atoms with Gasteiger partial charge in [0.15, 0.2) is 5.96 Å². The van der Waals surface area contributed by atoms with Gasteiger partial charge in [0, 0.05) is 18.5 Å². The molecule has 1 aliphatic carbocycles. The van der Waals surface area contributed by atoms with Gasteiger partial charge in [0.1, 0.15) is 5.76 Å².